The number of benzene rings is 2. The third kappa shape index (κ3) is 5.61. The minimum atomic E-state index is -0.486. The van der Waals surface area contributed by atoms with Crippen molar-refractivity contribution in [2.45, 2.75) is 24.7 Å². The number of nitrogens with one attached hydrogen (secondary N) is 1. The van der Waals surface area contributed by atoms with E-state index in [1.54, 1.807) is 42.5 Å². The van der Waals surface area contributed by atoms with Crippen molar-refractivity contribution in [2.75, 3.05) is 11.1 Å². The summed E-state index contributed by atoms with van der Waals surface area (Å²) < 4.78 is 21.4. The van der Waals surface area contributed by atoms with Gasteiger partial charge >= 0.3 is 0 Å². The molecule has 1 atom stereocenters. The van der Waals surface area contributed by atoms with Crippen LogP contribution in [-0.2, 0) is 11.3 Å². The summed E-state index contributed by atoms with van der Waals surface area (Å²) in [5, 5.41) is 12.1. The number of para-hydroxylation sites is 1. The van der Waals surface area contributed by atoms with Crippen LogP contribution in [0.2, 0.25) is 5.02 Å². The lowest BCUT2D eigenvalue weighted by Gasteiger charge is -2.16. The first-order valence-corrected chi connectivity index (χ1v) is 10.5. The predicted octanol–water partition coefficient (Wildman–Crippen LogP) is 5.13. The van der Waals surface area contributed by atoms with Crippen LogP contribution in [0.3, 0.4) is 0 Å². The van der Waals surface area contributed by atoms with E-state index < -0.39 is 11.9 Å². The van der Waals surface area contributed by atoms with Crippen molar-refractivity contribution in [3.63, 3.8) is 0 Å². The first-order valence-electron chi connectivity index (χ1n) is 9.11. The molecule has 30 heavy (non-hydrogen) atoms. The number of hydrogen-bond acceptors (Lipinski definition) is 5. The molecule has 3 rings (SSSR count). The van der Waals surface area contributed by atoms with Gasteiger partial charge in [-0.25, -0.2) is 4.39 Å². The second-order valence-electron chi connectivity index (χ2n) is 6.27. The van der Waals surface area contributed by atoms with Crippen LogP contribution in [0.1, 0.15) is 18.9 Å². The maximum atomic E-state index is 13.7. The molecule has 0 bridgehead atoms. The molecule has 0 radical (unpaired) electrons. The molecular weight excluding hydrogens is 427 g/mol. The van der Waals surface area contributed by atoms with E-state index in [9.17, 15) is 9.18 Å². The number of carbonyl (C=O) groups is 1. The van der Waals surface area contributed by atoms with Gasteiger partial charge < -0.3 is 10.1 Å². The van der Waals surface area contributed by atoms with Gasteiger partial charge in [-0.1, -0.05) is 47.6 Å². The largest absolute Gasteiger partial charge is 0.483 e. The van der Waals surface area contributed by atoms with Crippen LogP contribution < -0.4 is 10.1 Å². The Bertz CT molecular complexity index is 1040. The van der Waals surface area contributed by atoms with E-state index in [2.05, 4.69) is 22.1 Å². The number of hydrogen-bond donors (Lipinski definition) is 1. The van der Waals surface area contributed by atoms with E-state index in [-0.39, 0.29) is 17.3 Å². The number of halogens is 2. The Kier molecular flexibility index (Phi) is 7.48. The molecule has 0 aliphatic rings. The molecule has 156 valence electrons. The van der Waals surface area contributed by atoms with Gasteiger partial charge in [0.15, 0.2) is 17.1 Å². The van der Waals surface area contributed by atoms with Gasteiger partial charge in [0.2, 0.25) is 5.91 Å². The molecule has 9 heteroatoms. The first-order chi connectivity index (χ1) is 14.5. The fraction of sp³-hybridized carbons (Fsp3) is 0.190. The van der Waals surface area contributed by atoms with Gasteiger partial charge in [0.1, 0.15) is 11.6 Å². The summed E-state index contributed by atoms with van der Waals surface area (Å²) in [6.45, 7) is 6.07. The molecule has 1 unspecified atom stereocenters. The van der Waals surface area contributed by atoms with Crippen LogP contribution in [0.15, 0.2) is 66.3 Å². The molecule has 3 aromatic rings. The Morgan fingerprint density at radius 3 is 2.87 bits per heavy atom. The Morgan fingerprint density at radius 2 is 2.13 bits per heavy atom. The molecule has 1 aromatic heterocycles. The van der Waals surface area contributed by atoms with Crippen LogP contribution in [0.5, 0.6) is 5.75 Å². The van der Waals surface area contributed by atoms with Gasteiger partial charge in [0, 0.05) is 11.6 Å². The van der Waals surface area contributed by atoms with Gasteiger partial charge in [-0.3, -0.25) is 9.36 Å². The molecule has 0 saturated heterocycles. The number of carbonyl (C=O) groups excluding carboxylic acids is 1. The van der Waals surface area contributed by atoms with Gasteiger partial charge in [0.25, 0.3) is 0 Å². The quantitative estimate of drug-likeness (QED) is 0.364. The highest BCUT2D eigenvalue weighted by atomic mass is 35.5. The number of anilines is 1. The highest BCUT2D eigenvalue weighted by Gasteiger charge is 2.20. The van der Waals surface area contributed by atoms with Crippen LogP contribution in [-0.4, -0.2) is 26.4 Å². The molecule has 1 heterocycles. The third-order valence-corrected chi connectivity index (χ3v) is 5.21. The first kappa shape index (κ1) is 21.9. The third-order valence-electron chi connectivity index (χ3n) is 4.01. The van der Waals surface area contributed by atoms with Crippen molar-refractivity contribution in [2.24, 2.45) is 0 Å². The van der Waals surface area contributed by atoms with E-state index in [4.69, 9.17) is 16.3 Å². The Balaban J connectivity index is 1.68. The van der Waals surface area contributed by atoms with Crippen LogP contribution in [0.25, 0.3) is 0 Å². The number of amides is 1. The summed E-state index contributed by atoms with van der Waals surface area (Å²) in [6.07, 6.45) is 1.31. The molecule has 1 N–H and O–H groups in total. The van der Waals surface area contributed by atoms with Gasteiger partial charge in [-0.2, -0.15) is 0 Å². The Hall–Kier alpha value is -2.84. The maximum absolute atomic E-state index is 13.7. The molecular formula is C21H20ClFN4O2S. The minimum absolute atomic E-state index is 0.0488. The highest BCUT2D eigenvalue weighted by molar-refractivity contribution is 7.99. The van der Waals surface area contributed by atoms with E-state index in [1.165, 1.54) is 23.9 Å². The Labute approximate surface area is 183 Å². The lowest BCUT2D eigenvalue weighted by Crippen LogP contribution is -2.16. The average Bonchev–Trinajstić information content (AvgIpc) is 3.11. The summed E-state index contributed by atoms with van der Waals surface area (Å²) in [5.74, 6) is 0.420. The van der Waals surface area contributed by atoms with Gasteiger partial charge in [0.05, 0.1) is 11.4 Å². The normalized spacial score (nSPS) is 11.7. The summed E-state index contributed by atoms with van der Waals surface area (Å²) in [4.78, 5) is 12.2. The van der Waals surface area contributed by atoms with Crippen molar-refractivity contribution in [1.29, 1.82) is 0 Å². The maximum Gasteiger partial charge on any atom is 0.234 e. The smallest absolute Gasteiger partial charge is 0.234 e. The van der Waals surface area contributed by atoms with Crippen molar-refractivity contribution in [3.8, 4) is 5.75 Å². The zero-order chi connectivity index (χ0) is 21.5. The summed E-state index contributed by atoms with van der Waals surface area (Å²) in [7, 11) is 0. The molecule has 0 spiro atoms. The summed E-state index contributed by atoms with van der Waals surface area (Å²) >= 11 is 7.20. The lowest BCUT2D eigenvalue weighted by atomic mass is 10.3. The summed E-state index contributed by atoms with van der Waals surface area (Å²) in [5.41, 5.74) is 0.139. The number of allylic oxidation sites excluding steroid dienone is 1. The number of rotatable bonds is 9. The number of thioether (sulfide) groups is 1. The SMILES string of the molecule is C=CCn1c(SCC(=O)Nc2ccccc2F)nnc1C(C)Oc1cccc(Cl)c1. The van der Waals surface area contributed by atoms with Crippen LogP contribution >= 0.6 is 23.4 Å². The second kappa shape index (κ2) is 10.3. The van der Waals surface area contributed by atoms with Crippen LogP contribution in [0, 0.1) is 5.82 Å². The highest BCUT2D eigenvalue weighted by Crippen LogP contribution is 2.26. The van der Waals surface area contributed by atoms with E-state index in [1.807, 2.05) is 11.5 Å². The molecule has 0 saturated carbocycles. The number of nitrogens with zero attached hydrogens (tertiary/aromatic N) is 3. The molecule has 2 aromatic carbocycles. The molecule has 0 fully saturated rings. The molecule has 0 aliphatic carbocycles. The monoisotopic (exact) mass is 446 g/mol. The minimum Gasteiger partial charge on any atom is -0.483 e. The van der Waals surface area contributed by atoms with Gasteiger partial charge in [-0.15, -0.1) is 16.8 Å². The van der Waals surface area contributed by atoms with E-state index >= 15 is 0 Å². The lowest BCUT2D eigenvalue weighted by molar-refractivity contribution is -0.113. The average molecular weight is 447 g/mol. The fourth-order valence-electron chi connectivity index (χ4n) is 2.68. The van der Waals surface area contributed by atoms with Crippen molar-refractivity contribution >= 4 is 35.0 Å². The number of ether oxygens (including phenoxy) is 1. The zero-order valence-corrected chi connectivity index (χ0v) is 17.8. The van der Waals surface area contributed by atoms with E-state index in [0.29, 0.717) is 28.3 Å². The second-order valence-corrected chi connectivity index (χ2v) is 7.65. The fourth-order valence-corrected chi connectivity index (χ4v) is 3.62. The molecule has 1 amide bonds. The van der Waals surface area contributed by atoms with Crippen molar-refractivity contribution < 1.29 is 13.9 Å². The Morgan fingerprint density at radius 1 is 1.33 bits per heavy atom. The topological polar surface area (TPSA) is 69.0 Å². The number of aromatic nitrogens is 3. The molecule has 0 aliphatic heterocycles. The summed E-state index contributed by atoms with van der Waals surface area (Å²) in [6, 6.07) is 13.1. The predicted molar refractivity (Wildman–Crippen MR) is 116 cm³/mol. The van der Waals surface area contributed by atoms with Crippen molar-refractivity contribution in [1.82, 2.24) is 14.8 Å². The van der Waals surface area contributed by atoms with Gasteiger partial charge in [-0.05, 0) is 37.3 Å². The molecule has 6 nitrogen and oxygen atoms in total. The standard InChI is InChI=1S/C21H20ClFN4O2S/c1-3-11-27-20(14(2)29-16-8-6-7-15(22)12-16)25-26-21(27)30-13-19(28)24-18-10-5-4-9-17(18)23/h3-10,12,14H,1,11,13H2,2H3,(H,24,28). The van der Waals surface area contributed by atoms with E-state index in [0.717, 1.165) is 0 Å². The van der Waals surface area contributed by atoms with Crippen molar-refractivity contribution in [3.05, 3.63) is 77.9 Å². The zero-order valence-electron chi connectivity index (χ0n) is 16.2. The van der Waals surface area contributed by atoms with Crippen LogP contribution in [0.4, 0.5) is 10.1 Å².